The van der Waals surface area contributed by atoms with Gasteiger partial charge in [0.2, 0.25) is 5.91 Å². The Morgan fingerprint density at radius 1 is 1.38 bits per heavy atom. The van der Waals surface area contributed by atoms with Gasteiger partial charge in [0.05, 0.1) is 5.92 Å². The highest BCUT2D eigenvalue weighted by Gasteiger charge is 2.28. The molecule has 86 valence electrons. The van der Waals surface area contributed by atoms with E-state index in [-0.39, 0.29) is 17.9 Å². The number of nitrogens with two attached hydrogens (primary N) is 1. The highest BCUT2D eigenvalue weighted by Crippen LogP contribution is 2.19. The molecule has 3 N–H and O–H groups in total. The summed E-state index contributed by atoms with van der Waals surface area (Å²) in [6.07, 6.45) is 2.84. The number of benzene rings is 1. The van der Waals surface area contributed by atoms with E-state index in [1.165, 1.54) is 5.56 Å². The molecule has 1 heterocycles. The van der Waals surface area contributed by atoms with Crippen molar-refractivity contribution < 1.29 is 4.79 Å². The minimum atomic E-state index is -0.173. The van der Waals surface area contributed by atoms with Gasteiger partial charge in [-0.15, -0.1) is 0 Å². The SMILES string of the molecule is NC(=O)C1CCCNC1Cc1ccccc1. The minimum absolute atomic E-state index is 0.0195. The van der Waals surface area contributed by atoms with Gasteiger partial charge in [0.15, 0.2) is 0 Å². The van der Waals surface area contributed by atoms with E-state index in [9.17, 15) is 4.79 Å². The molecular formula is C13H18N2O. The van der Waals surface area contributed by atoms with Crippen molar-refractivity contribution in [1.29, 1.82) is 0 Å². The van der Waals surface area contributed by atoms with Crippen LogP contribution in [0.1, 0.15) is 18.4 Å². The normalized spacial score (nSPS) is 25.2. The maximum Gasteiger partial charge on any atom is 0.222 e. The van der Waals surface area contributed by atoms with Crippen LogP contribution in [0.15, 0.2) is 30.3 Å². The molecule has 1 aromatic rings. The van der Waals surface area contributed by atoms with Gasteiger partial charge >= 0.3 is 0 Å². The molecule has 1 aromatic carbocycles. The molecular weight excluding hydrogens is 200 g/mol. The van der Waals surface area contributed by atoms with Crippen molar-refractivity contribution in [2.45, 2.75) is 25.3 Å². The maximum absolute atomic E-state index is 11.3. The van der Waals surface area contributed by atoms with E-state index in [1.807, 2.05) is 18.2 Å². The van der Waals surface area contributed by atoms with Crippen molar-refractivity contribution in [1.82, 2.24) is 5.32 Å². The van der Waals surface area contributed by atoms with Crippen LogP contribution in [0.25, 0.3) is 0 Å². The number of hydrogen-bond donors (Lipinski definition) is 2. The third-order valence-corrected chi connectivity index (χ3v) is 3.25. The van der Waals surface area contributed by atoms with Crippen LogP contribution in [0.2, 0.25) is 0 Å². The Morgan fingerprint density at radius 3 is 2.81 bits per heavy atom. The summed E-state index contributed by atoms with van der Waals surface area (Å²) >= 11 is 0. The first kappa shape index (κ1) is 11.1. The third-order valence-electron chi connectivity index (χ3n) is 3.25. The Bertz CT molecular complexity index is 350. The van der Waals surface area contributed by atoms with E-state index in [1.54, 1.807) is 0 Å². The topological polar surface area (TPSA) is 55.1 Å². The third kappa shape index (κ3) is 2.61. The maximum atomic E-state index is 11.3. The van der Waals surface area contributed by atoms with Gasteiger partial charge in [-0.25, -0.2) is 0 Å². The van der Waals surface area contributed by atoms with Crippen LogP contribution in [0.5, 0.6) is 0 Å². The van der Waals surface area contributed by atoms with Crippen molar-refractivity contribution in [3.63, 3.8) is 0 Å². The molecule has 0 aliphatic carbocycles. The number of nitrogens with one attached hydrogen (secondary N) is 1. The zero-order valence-corrected chi connectivity index (χ0v) is 9.36. The summed E-state index contributed by atoms with van der Waals surface area (Å²) < 4.78 is 0. The van der Waals surface area contributed by atoms with E-state index in [4.69, 9.17) is 5.73 Å². The first-order valence-corrected chi connectivity index (χ1v) is 5.84. The summed E-state index contributed by atoms with van der Waals surface area (Å²) in [5.41, 5.74) is 6.69. The molecule has 1 saturated heterocycles. The quantitative estimate of drug-likeness (QED) is 0.797. The van der Waals surface area contributed by atoms with Crippen molar-refractivity contribution >= 4 is 5.91 Å². The fourth-order valence-corrected chi connectivity index (χ4v) is 2.38. The number of hydrogen-bond acceptors (Lipinski definition) is 2. The molecule has 0 aromatic heterocycles. The van der Waals surface area contributed by atoms with Gasteiger partial charge in [-0.2, -0.15) is 0 Å². The van der Waals surface area contributed by atoms with Crippen LogP contribution in [-0.4, -0.2) is 18.5 Å². The molecule has 3 heteroatoms. The molecule has 16 heavy (non-hydrogen) atoms. The first-order valence-electron chi connectivity index (χ1n) is 5.84. The average Bonchev–Trinajstić information content (AvgIpc) is 2.31. The van der Waals surface area contributed by atoms with Gasteiger partial charge in [-0.3, -0.25) is 4.79 Å². The lowest BCUT2D eigenvalue weighted by molar-refractivity contribution is -0.123. The molecule has 1 aliphatic heterocycles. The Morgan fingerprint density at radius 2 is 2.12 bits per heavy atom. The standard InChI is InChI=1S/C13H18N2O/c14-13(16)11-7-4-8-15-12(11)9-10-5-2-1-3-6-10/h1-3,5-6,11-12,15H,4,7-9H2,(H2,14,16). The fraction of sp³-hybridized carbons (Fsp3) is 0.462. The zero-order chi connectivity index (χ0) is 11.4. The van der Waals surface area contributed by atoms with Crippen molar-refractivity contribution in [2.24, 2.45) is 11.7 Å². The molecule has 3 nitrogen and oxygen atoms in total. The average molecular weight is 218 g/mol. The Kier molecular flexibility index (Phi) is 3.57. The van der Waals surface area contributed by atoms with Crippen LogP contribution in [0, 0.1) is 5.92 Å². The Hall–Kier alpha value is -1.35. The summed E-state index contributed by atoms with van der Waals surface area (Å²) in [4.78, 5) is 11.3. The van der Waals surface area contributed by atoms with E-state index < -0.39 is 0 Å². The van der Waals surface area contributed by atoms with Crippen LogP contribution >= 0.6 is 0 Å². The number of amides is 1. The van der Waals surface area contributed by atoms with Gasteiger partial charge in [0.1, 0.15) is 0 Å². The van der Waals surface area contributed by atoms with E-state index >= 15 is 0 Å². The van der Waals surface area contributed by atoms with Gasteiger partial charge in [0, 0.05) is 6.04 Å². The largest absolute Gasteiger partial charge is 0.369 e. The lowest BCUT2D eigenvalue weighted by Crippen LogP contribution is -2.48. The van der Waals surface area contributed by atoms with Crippen molar-refractivity contribution in [2.75, 3.05) is 6.54 Å². The summed E-state index contributed by atoms with van der Waals surface area (Å²) in [6, 6.07) is 10.4. The summed E-state index contributed by atoms with van der Waals surface area (Å²) in [6.45, 7) is 0.987. The number of primary amides is 1. The summed E-state index contributed by atoms with van der Waals surface area (Å²) in [7, 11) is 0. The van der Waals surface area contributed by atoms with Crippen LogP contribution in [-0.2, 0) is 11.2 Å². The number of carbonyl (C=O) groups is 1. The Balaban J connectivity index is 2.04. The first-order chi connectivity index (χ1) is 7.77. The van der Waals surface area contributed by atoms with Gasteiger partial charge < -0.3 is 11.1 Å². The smallest absolute Gasteiger partial charge is 0.222 e. The van der Waals surface area contributed by atoms with Gasteiger partial charge in [-0.1, -0.05) is 30.3 Å². The molecule has 0 bridgehead atoms. The lowest BCUT2D eigenvalue weighted by atomic mass is 9.86. The number of piperidine rings is 1. The zero-order valence-electron chi connectivity index (χ0n) is 9.36. The molecule has 0 radical (unpaired) electrons. The van der Waals surface area contributed by atoms with Crippen LogP contribution in [0.3, 0.4) is 0 Å². The molecule has 1 fully saturated rings. The fourth-order valence-electron chi connectivity index (χ4n) is 2.38. The molecule has 0 saturated carbocycles. The van der Waals surface area contributed by atoms with Crippen LogP contribution in [0.4, 0.5) is 0 Å². The second-order valence-electron chi connectivity index (χ2n) is 4.40. The molecule has 2 unspecified atom stereocenters. The highest BCUT2D eigenvalue weighted by atomic mass is 16.1. The van der Waals surface area contributed by atoms with Crippen molar-refractivity contribution in [3.8, 4) is 0 Å². The molecule has 1 aliphatic rings. The van der Waals surface area contributed by atoms with E-state index in [0.717, 1.165) is 25.8 Å². The second-order valence-corrected chi connectivity index (χ2v) is 4.40. The number of carbonyl (C=O) groups excluding carboxylic acids is 1. The predicted octanol–water partition coefficient (Wildman–Crippen LogP) is 1.08. The monoisotopic (exact) mass is 218 g/mol. The Labute approximate surface area is 96.0 Å². The minimum Gasteiger partial charge on any atom is -0.369 e. The molecule has 2 rings (SSSR count). The van der Waals surface area contributed by atoms with E-state index in [2.05, 4.69) is 17.4 Å². The van der Waals surface area contributed by atoms with Gasteiger partial charge in [-0.05, 0) is 31.4 Å². The second kappa shape index (κ2) is 5.12. The molecule has 0 spiro atoms. The van der Waals surface area contributed by atoms with Crippen molar-refractivity contribution in [3.05, 3.63) is 35.9 Å². The number of rotatable bonds is 3. The lowest BCUT2D eigenvalue weighted by Gasteiger charge is -2.30. The summed E-state index contributed by atoms with van der Waals surface area (Å²) in [5, 5.41) is 3.40. The van der Waals surface area contributed by atoms with Gasteiger partial charge in [0.25, 0.3) is 0 Å². The van der Waals surface area contributed by atoms with Crippen LogP contribution < -0.4 is 11.1 Å². The molecule has 2 atom stereocenters. The van der Waals surface area contributed by atoms with E-state index in [0.29, 0.717) is 0 Å². The predicted molar refractivity (Wildman–Crippen MR) is 63.9 cm³/mol. The highest BCUT2D eigenvalue weighted by molar-refractivity contribution is 5.77. The molecule has 1 amide bonds. The summed E-state index contributed by atoms with van der Waals surface area (Å²) in [5.74, 6) is -0.193.